The fourth-order valence-electron chi connectivity index (χ4n) is 4.94. The Morgan fingerprint density at radius 1 is 1.10 bits per heavy atom. The normalized spacial score (nSPS) is 34.4. The van der Waals surface area contributed by atoms with Gasteiger partial charge in [0.2, 0.25) is 0 Å². The fraction of sp³-hybridized carbons (Fsp3) is 0.609. The minimum Gasteiger partial charge on any atom is -0.458 e. The lowest BCUT2D eigenvalue weighted by atomic mass is 9.85. The van der Waals surface area contributed by atoms with Crippen molar-refractivity contribution in [1.82, 2.24) is 0 Å². The average molecular weight is 400 g/mol. The van der Waals surface area contributed by atoms with Gasteiger partial charge in [-0.2, -0.15) is 0 Å². The second-order valence-electron chi connectivity index (χ2n) is 8.71. The van der Waals surface area contributed by atoms with Gasteiger partial charge in [-0.3, -0.25) is 4.79 Å². The molecule has 2 bridgehead atoms. The van der Waals surface area contributed by atoms with E-state index in [2.05, 4.69) is 6.58 Å². The molecule has 4 rings (SSSR count). The topological polar surface area (TPSA) is 78.9 Å². The summed E-state index contributed by atoms with van der Waals surface area (Å²) in [5, 5.41) is 0. The van der Waals surface area contributed by atoms with Gasteiger partial charge in [-0.25, -0.2) is 9.59 Å². The summed E-state index contributed by atoms with van der Waals surface area (Å²) in [6.07, 6.45) is 8.97. The van der Waals surface area contributed by atoms with Crippen LogP contribution in [0.25, 0.3) is 0 Å². The lowest BCUT2D eigenvalue weighted by molar-refractivity contribution is -0.151. The van der Waals surface area contributed by atoms with E-state index in [0.29, 0.717) is 29.9 Å². The van der Waals surface area contributed by atoms with Gasteiger partial charge in [-0.1, -0.05) is 31.4 Å². The quantitative estimate of drug-likeness (QED) is 0.312. The molecule has 2 heterocycles. The Labute approximate surface area is 171 Å². The van der Waals surface area contributed by atoms with E-state index in [1.807, 2.05) is 13.0 Å². The number of hydrogen-bond donors (Lipinski definition) is 0. The van der Waals surface area contributed by atoms with Crippen LogP contribution in [0.3, 0.4) is 0 Å². The monoisotopic (exact) mass is 400 g/mol. The predicted octanol–water partition coefficient (Wildman–Crippen LogP) is 3.56. The molecule has 4 atom stereocenters. The van der Waals surface area contributed by atoms with Crippen molar-refractivity contribution in [2.75, 3.05) is 0 Å². The minimum absolute atomic E-state index is 0.244. The van der Waals surface area contributed by atoms with E-state index in [1.54, 1.807) is 6.08 Å². The molecule has 2 aliphatic heterocycles. The van der Waals surface area contributed by atoms with Crippen molar-refractivity contribution in [2.24, 2.45) is 11.8 Å². The Bertz CT molecular complexity index is 785. The molecule has 2 aliphatic carbocycles. The largest absolute Gasteiger partial charge is 0.458 e. The van der Waals surface area contributed by atoms with Crippen molar-refractivity contribution in [3.05, 3.63) is 35.5 Å². The molecule has 2 fully saturated rings. The molecule has 0 aromatic carbocycles. The Balaban J connectivity index is 1.56. The number of esters is 3. The predicted molar refractivity (Wildman–Crippen MR) is 105 cm³/mol. The number of carbonyl (C=O) groups is 3. The highest BCUT2D eigenvalue weighted by atomic mass is 16.6. The first-order chi connectivity index (χ1) is 13.9. The van der Waals surface area contributed by atoms with Gasteiger partial charge in [-0.15, -0.1) is 0 Å². The highest BCUT2D eigenvalue weighted by molar-refractivity contribution is 5.93. The van der Waals surface area contributed by atoms with Gasteiger partial charge in [-0.05, 0) is 37.8 Å². The van der Waals surface area contributed by atoms with Crippen LogP contribution in [0.1, 0.15) is 58.3 Å². The Hall–Kier alpha value is -2.37. The molecule has 0 aromatic heterocycles. The van der Waals surface area contributed by atoms with Crippen molar-refractivity contribution < 1.29 is 28.6 Å². The zero-order valence-electron chi connectivity index (χ0n) is 16.9. The maximum atomic E-state index is 12.7. The van der Waals surface area contributed by atoms with E-state index in [-0.39, 0.29) is 24.5 Å². The Morgan fingerprint density at radius 2 is 1.86 bits per heavy atom. The van der Waals surface area contributed by atoms with Gasteiger partial charge in [0, 0.05) is 30.4 Å². The molecular formula is C23H28O6. The summed E-state index contributed by atoms with van der Waals surface area (Å²) in [5.41, 5.74) is 1.73. The van der Waals surface area contributed by atoms with Crippen LogP contribution in [-0.4, -0.2) is 36.2 Å². The number of fused-ring (bicyclic) bond motifs is 2. The highest BCUT2D eigenvalue weighted by Crippen LogP contribution is 2.38. The van der Waals surface area contributed by atoms with Crippen LogP contribution in [-0.2, 0) is 28.6 Å². The van der Waals surface area contributed by atoms with Crippen LogP contribution in [0.15, 0.2) is 35.5 Å². The molecule has 1 saturated heterocycles. The summed E-state index contributed by atoms with van der Waals surface area (Å²) < 4.78 is 16.8. The second kappa shape index (κ2) is 8.17. The maximum absolute atomic E-state index is 12.7. The van der Waals surface area contributed by atoms with Gasteiger partial charge in [0.1, 0.15) is 18.3 Å². The molecule has 0 N–H and O–H groups in total. The molecule has 0 aromatic rings. The molecule has 29 heavy (non-hydrogen) atoms. The SMILES string of the molecule is C=C1C(=O)O[C@H]2CC3=C[C@H](C/C(C)=C/[C@@H](OC(=O)CC4CCCCC4)[C@H]12)OC3=O. The smallest absolute Gasteiger partial charge is 0.334 e. The molecule has 0 radical (unpaired) electrons. The summed E-state index contributed by atoms with van der Waals surface area (Å²) in [7, 11) is 0. The molecular weight excluding hydrogens is 372 g/mol. The zero-order chi connectivity index (χ0) is 20.5. The van der Waals surface area contributed by atoms with Gasteiger partial charge < -0.3 is 14.2 Å². The van der Waals surface area contributed by atoms with Crippen LogP contribution in [0.2, 0.25) is 0 Å². The molecule has 156 valence electrons. The summed E-state index contributed by atoms with van der Waals surface area (Å²) in [4.78, 5) is 37.1. The van der Waals surface area contributed by atoms with Gasteiger partial charge in [0.15, 0.2) is 0 Å². The van der Waals surface area contributed by atoms with Gasteiger partial charge >= 0.3 is 17.9 Å². The van der Waals surface area contributed by atoms with Crippen LogP contribution in [0.5, 0.6) is 0 Å². The minimum atomic E-state index is -0.636. The van der Waals surface area contributed by atoms with Crippen molar-refractivity contribution in [1.29, 1.82) is 0 Å². The van der Waals surface area contributed by atoms with Crippen LogP contribution in [0.4, 0.5) is 0 Å². The van der Waals surface area contributed by atoms with Crippen molar-refractivity contribution in [3.8, 4) is 0 Å². The summed E-state index contributed by atoms with van der Waals surface area (Å²) in [6, 6.07) is 0. The van der Waals surface area contributed by atoms with Crippen molar-refractivity contribution in [2.45, 2.75) is 76.6 Å². The maximum Gasteiger partial charge on any atom is 0.334 e. The number of ether oxygens (including phenoxy) is 3. The molecule has 1 saturated carbocycles. The van der Waals surface area contributed by atoms with E-state index in [0.717, 1.165) is 31.3 Å². The van der Waals surface area contributed by atoms with E-state index < -0.39 is 24.1 Å². The summed E-state index contributed by atoms with van der Waals surface area (Å²) in [6.45, 7) is 5.81. The fourth-order valence-corrected chi connectivity index (χ4v) is 4.94. The first-order valence-corrected chi connectivity index (χ1v) is 10.6. The summed E-state index contributed by atoms with van der Waals surface area (Å²) in [5.74, 6) is -1.25. The highest BCUT2D eigenvalue weighted by Gasteiger charge is 2.46. The summed E-state index contributed by atoms with van der Waals surface area (Å²) >= 11 is 0. The van der Waals surface area contributed by atoms with Crippen molar-refractivity contribution >= 4 is 17.9 Å². The number of carbonyl (C=O) groups excluding carboxylic acids is 3. The molecule has 0 unspecified atom stereocenters. The molecule has 6 nitrogen and oxygen atoms in total. The molecule has 6 heteroatoms. The van der Waals surface area contributed by atoms with Crippen LogP contribution in [0, 0.1) is 11.8 Å². The van der Waals surface area contributed by atoms with Crippen LogP contribution < -0.4 is 0 Å². The van der Waals surface area contributed by atoms with E-state index in [9.17, 15) is 14.4 Å². The molecule has 4 aliphatic rings. The van der Waals surface area contributed by atoms with E-state index in [4.69, 9.17) is 14.2 Å². The molecule has 0 amide bonds. The number of rotatable bonds is 3. The standard InChI is InChI=1S/C23H28O6/c1-13-8-17-11-16(23(26)27-17)12-19-21(14(2)22(25)29-19)18(9-13)28-20(24)10-15-6-4-3-5-7-15/h9,11,15,17-19,21H,2-8,10,12H2,1H3/b13-9+/t17-,18+,19-,21-/m0/s1. The second-order valence-corrected chi connectivity index (χ2v) is 8.71. The van der Waals surface area contributed by atoms with Crippen LogP contribution >= 0.6 is 0 Å². The first kappa shape index (κ1) is 19.9. The van der Waals surface area contributed by atoms with E-state index in [1.165, 1.54) is 6.42 Å². The van der Waals surface area contributed by atoms with Crippen molar-refractivity contribution in [3.63, 3.8) is 0 Å². The third kappa shape index (κ3) is 4.31. The lowest BCUT2D eigenvalue weighted by Crippen LogP contribution is -2.33. The molecule has 0 spiro atoms. The zero-order valence-corrected chi connectivity index (χ0v) is 16.9. The Kier molecular flexibility index (Phi) is 5.61. The average Bonchev–Trinajstić information content (AvgIpc) is 3.13. The lowest BCUT2D eigenvalue weighted by Gasteiger charge is -2.27. The van der Waals surface area contributed by atoms with Gasteiger partial charge in [0.05, 0.1) is 5.92 Å². The third-order valence-electron chi connectivity index (χ3n) is 6.43. The van der Waals surface area contributed by atoms with E-state index >= 15 is 0 Å². The first-order valence-electron chi connectivity index (χ1n) is 10.6. The Morgan fingerprint density at radius 3 is 2.62 bits per heavy atom. The third-order valence-corrected chi connectivity index (χ3v) is 6.43. The van der Waals surface area contributed by atoms with Gasteiger partial charge in [0.25, 0.3) is 0 Å². The number of hydrogen-bond acceptors (Lipinski definition) is 6.